The molecule has 0 saturated carbocycles. The molecule has 0 saturated heterocycles. The monoisotopic (exact) mass is 292 g/mol. The molecule has 0 bridgehead atoms. The number of unbranched alkanes of at least 4 members (excludes halogenated alkanes) is 3. The Bertz CT molecular complexity index is 455. The molecule has 0 radical (unpaired) electrons. The van der Waals surface area contributed by atoms with Gasteiger partial charge in [-0.1, -0.05) is 26.2 Å². The van der Waals surface area contributed by atoms with Crippen molar-refractivity contribution in [2.24, 2.45) is 0 Å². The Labute approximate surface area is 114 Å². The largest absolute Gasteiger partial charge is 0.490 e. The maximum Gasteiger partial charge on any atom is 0.454 e. The predicted molar refractivity (Wildman–Crippen MR) is 66.4 cm³/mol. The molecule has 1 rings (SSSR count). The van der Waals surface area contributed by atoms with Gasteiger partial charge in [-0.25, -0.2) is 4.39 Å². The number of rotatable bonds is 7. The highest BCUT2D eigenvalue weighted by atomic mass is 19.4. The molecule has 0 heterocycles. The van der Waals surface area contributed by atoms with Crippen LogP contribution in [0.5, 0.6) is 5.75 Å². The smallest absolute Gasteiger partial charge is 0.454 e. The Morgan fingerprint density at radius 3 is 2.50 bits per heavy atom. The molecule has 0 fully saturated rings. The van der Waals surface area contributed by atoms with E-state index in [2.05, 4.69) is 0 Å². The van der Waals surface area contributed by atoms with Gasteiger partial charge in [-0.3, -0.25) is 4.79 Å². The van der Waals surface area contributed by atoms with Crippen LogP contribution >= 0.6 is 0 Å². The number of halogens is 4. The van der Waals surface area contributed by atoms with Crippen LogP contribution in [-0.2, 0) is 0 Å². The summed E-state index contributed by atoms with van der Waals surface area (Å²) in [7, 11) is 0. The second-order valence-corrected chi connectivity index (χ2v) is 4.38. The minimum atomic E-state index is -4.98. The number of Topliss-reactive ketones (excluding diaryl/α,β-unsaturated/α-hetero) is 1. The van der Waals surface area contributed by atoms with Crippen molar-refractivity contribution in [2.75, 3.05) is 6.61 Å². The van der Waals surface area contributed by atoms with Crippen LogP contribution < -0.4 is 4.74 Å². The molecule has 20 heavy (non-hydrogen) atoms. The minimum Gasteiger partial charge on any atom is -0.490 e. The van der Waals surface area contributed by atoms with Crippen LogP contribution in [-0.4, -0.2) is 18.6 Å². The number of carbonyl (C=O) groups excluding carboxylic acids is 1. The number of hydrogen-bond acceptors (Lipinski definition) is 2. The second kappa shape index (κ2) is 7.26. The summed E-state index contributed by atoms with van der Waals surface area (Å²) in [6, 6.07) is 2.40. The number of alkyl halides is 3. The molecule has 6 heteroatoms. The summed E-state index contributed by atoms with van der Waals surface area (Å²) in [4.78, 5) is 11.0. The molecule has 0 aliphatic heterocycles. The van der Waals surface area contributed by atoms with E-state index in [-0.39, 0.29) is 12.4 Å². The molecule has 0 N–H and O–H groups in total. The van der Waals surface area contributed by atoms with E-state index in [0.717, 1.165) is 37.5 Å². The van der Waals surface area contributed by atoms with E-state index in [4.69, 9.17) is 4.74 Å². The lowest BCUT2D eigenvalue weighted by molar-refractivity contribution is -0.0885. The Kier molecular flexibility index (Phi) is 5.98. The summed E-state index contributed by atoms with van der Waals surface area (Å²) in [6.45, 7) is 2.24. The van der Waals surface area contributed by atoms with E-state index in [1.165, 1.54) is 0 Å². The van der Waals surface area contributed by atoms with Gasteiger partial charge in [0.05, 0.1) is 6.61 Å². The summed E-state index contributed by atoms with van der Waals surface area (Å²) in [5.41, 5.74) is -0.623. The molecule has 1 aromatic rings. The first-order chi connectivity index (χ1) is 9.36. The molecule has 0 aliphatic carbocycles. The van der Waals surface area contributed by atoms with Gasteiger partial charge in [0.1, 0.15) is 0 Å². The fourth-order valence-electron chi connectivity index (χ4n) is 1.63. The first-order valence-corrected chi connectivity index (χ1v) is 6.40. The molecule has 0 spiro atoms. The van der Waals surface area contributed by atoms with Gasteiger partial charge in [-0.05, 0) is 24.6 Å². The van der Waals surface area contributed by atoms with E-state index in [0.29, 0.717) is 6.42 Å². The zero-order valence-corrected chi connectivity index (χ0v) is 11.1. The average Bonchev–Trinajstić information content (AvgIpc) is 2.38. The molecule has 112 valence electrons. The van der Waals surface area contributed by atoms with E-state index in [1.807, 2.05) is 6.92 Å². The molecular formula is C14H16F4O2. The third kappa shape index (κ3) is 4.83. The molecule has 2 nitrogen and oxygen atoms in total. The van der Waals surface area contributed by atoms with Crippen LogP contribution in [0.4, 0.5) is 17.6 Å². The van der Waals surface area contributed by atoms with E-state index in [9.17, 15) is 22.4 Å². The van der Waals surface area contributed by atoms with E-state index in [1.54, 1.807) is 0 Å². The summed E-state index contributed by atoms with van der Waals surface area (Å²) >= 11 is 0. The van der Waals surface area contributed by atoms with Gasteiger partial charge in [0, 0.05) is 5.56 Å². The first kappa shape index (κ1) is 16.5. The van der Waals surface area contributed by atoms with Crippen LogP contribution in [0.25, 0.3) is 0 Å². The Hall–Kier alpha value is -1.59. The van der Waals surface area contributed by atoms with E-state index < -0.39 is 23.3 Å². The van der Waals surface area contributed by atoms with Gasteiger partial charge in [0.15, 0.2) is 11.6 Å². The molecule has 0 unspecified atom stereocenters. The summed E-state index contributed by atoms with van der Waals surface area (Å²) in [5, 5.41) is 0. The quantitative estimate of drug-likeness (QED) is 0.419. The van der Waals surface area contributed by atoms with Crippen molar-refractivity contribution in [3.8, 4) is 5.75 Å². The van der Waals surface area contributed by atoms with Gasteiger partial charge in [-0.2, -0.15) is 13.2 Å². The minimum absolute atomic E-state index is 0.209. The number of benzene rings is 1. The van der Waals surface area contributed by atoms with Crippen molar-refractivity contribution in [1.29, 1.82) is 0 Å². The van der Waals surface area contributed by atoms with Crippen LogP contribution in [0.1, 0.15) is 43.0 Å². The number of carbonyl (C=O) groups is 1. The Morgan fingerprint density at radius 1 is 1.20 bits per heavy atom. The predicted octanol–water partition coefficient (Wildman–Crippen LogP) is 4.53. The van der Waals surface area contributed by atoms with Gasteiger partial charge >= 0.3 is 6.18 Å². The zero-order valence-electron chi connectivity index (χ0n) is 11.1. The highest BCUT2D eigenvalue weighted by Gasteiger charge is 2.39. The van der Waals surface area contributed by atoms with Crippen LogP contribution in [0, 0.1) is 5.82 Å². The molecule has 0 aromatic heterocycles. The normalized spacial score (nSPS) is 11.4. The second-order valence-electron chi connectivity index (χ2n) is 4.38. The van der Waals surface area contributed by atoms with Crippen molar-refractivity contribution < 1.29 is 27.1 Å². The fraction of sp³-hybridized carbons (Fsp3) is 0.500. The number of ketones is 1. The lowest BCUT2D eigenvalue weighted by atomic mass is 10.1. The van der Waals surface area contributed by atoms with Crippen molar-refractivity contribution in [1.82, 2.24) is 0 Å². The van der Waals surface area contributed by atoms with Crippen LogP contribution in [0.3, 0.4) is 0 Å². The molecule has 1 aromatic carbocycles. The number of hydrogen-bond donors (Lipinski definition) is 0. The summed E-state index contributed by atoms with van der Waals surface area (Å²) < 4.78 is 55.3. The van der Waals surface area contributed by atoms with Crippen LogP contribution in [0.2, 0.25) is 0 Å². The third-order valence-corrected chi connectivity index (χ3v) is 2.71. The summed E-state index contributed by atoms with van der Waals surface area (Å²) in [6.07, 6.45) is -1.34. The summed E-state index contributed by atoms with van der Waals surface area (Å²) in [5.74, 6) is -3.11. The Balaban J connectivity index is 2.70. The van der Waals surface area contributed by atoms with Crippen molar-refractivity contribution >= 4 is 5.78 Å². The standard InChI is InChI=1S/C14H16F4O2/c1-2-3-4-5-8-20-12-9-10(6-7-11(12)15)13(19)14(16,17)18/h6-7,9H,2-5,8H2,1H3. The van der Waals surface area contributed by atoms with E-state index >= 15 is 0 Å². The molecular weight excluding hydrogens is 276 g/mol. The van der Waals surface area contributed by atoms with Gasteiger partial charge in [0.25, 0.3) is 5.78 Å². The number of ether oxygens (including phenoxy) is 1. The van der Waals surface area contributed by atoms with Gasteiger partial charge < -0.3 is 4.74 Å². The average molecular weight is 292 g/mol. The molecule has 0 atom stereocenters. The molecule has 0 aliphatic rings. The lowest BCUT2D eigenvalue weighted by Gasteiger charge is -2.10. The first-order valence-electron chi connectivity index (χ1n) is 6.40. The van der Waals surface area contributed by atoms with Gasteiger partial charge in [-0.15, -0.1) is 0 Å². The van der Waals surface area contributed by atoms with Crippen molar-refractivity contribution in [3.63, 3.8) is 0 Å². The fourth-order valence-corrected chi connectivity index (χ4v) is 1.63. The highest BCUT2D eigenvalue weighted by molar-refractivity contribution is 6.00. The van der Waals surface area contributed by atoms with Crippen molar-refractivity contribution in [3.05, 3.63) is 29.6 Å². The maximum atomic E-state index is 13.4. The Morgan fingerprint density at radius 2 is 1.90 bits per heavy atom. The SMILES string of the molecule is CCCCCCOc1cc(C(=O)C(F)(F)F)ccc1F. The van der Waals surface area contributed by atoms with Crippen molar-refractivity contribution in [2.45, 2.75) is 38.8 Å². The lowest BCUT2D eigenvalue weighted by Crippen LogP contribution is -2.22. The zero-order chi connectivity index (χ0) is 15.2. The topological polar surface area (TPSA) is 26.3 Å². The van der Waals surface area contributed by atoms with Crippen LogP contribution in [0.15, 0.2) is 18.2 Å². The maximum absolute atomic E-state index is 13.4. The van der Waals surface area contributed by atoms with Gasteiger partial charge in [0.2, 0.25) is 0 Å². The molecule has 0 amide bonds. The highest BCUT2D eigenvalue weighted by Crippen LogP contribution is 2.25. The third-order valence-electron chi connectivity index (χ3n) is 2.71.